The zero-order valence-corrected chi connectivity index (χ0v) is 13.1. The molecule has 96 valence electrons. The van der Waals surface area contributed by atoms with Crippen molar-refractivity contribution in [1.29, 1.82) is 0 Å². The van der Waals surface area contributed by atoms with E-state index in [1.54, 1.807) is 0 Å². The van der Waals surface area contributed by atoms with Crippen molar-refractivity contribution in [3.05, 3.63) is 0 Å². The lowest BCUT2D eigenvalue weighted by Gasteiger charge is -2.27. The number of nitrogens with one attached hydrogen (secondary N) is 1. The van der Waals surface area contributed by atoms with E-state index in [1.165, 1.54) is 30.9 Å². The molecular weight excluding hydrogens is 234 g/mol. The molecule has 0 saturated carbocycles. The normalized spacial score (nSPS) is 28.3. The first-order valence-electron chi connectivity index (χ1n) is 6.32. The third-order valence-electron chi connectivity index (χ3n) is 2.89. The molecule has 0 aromatic carbocycles. The van der Waals surface area contributed by atoms with Crippen LogP contribution in [0.1, 0.15) is 47.5 Å². The average molecular weight is 261 g/mol. The average Bonchev–Trinajstić information content (AvgIpc) is 2.59. The number of hydrogen-bond donors (Lipinski definition) is 1. The molecule has 2 atom stereocenters. The van der Waals surface area contributed by atoms with Gasteiger partial charge in [-0.1, -0.05) is 20.8 Å². The molecule has 0 aliphatic carbocycles. The lowest BCUT2D eigenvalue weighted by molar-refractivity contribution is 0.501. The smallest absolute Gasteiger partial charge is 0.0256 e. The third kappa shape index (κ3) is 5.83. The van der Waals surface area contributed by atoms with Crippen molar-refractivity contribution in [3.63, 3.8) is 0 Å². The highest BCUT2D eigenvalue weighted by atomic mass is 32.2. The second kappa shape index (κ2) is 6.01. The Morgan fingerprint density at radius 2 is 2.12 bits per heavy atom. The second-order valence-electron chi connectivity index (χ2n) is 6.11. The van der Waals surface area contributed by atoms with E-state index in [1.807, 2.05) is 0 Å². The molecule has 16 heavy (non-hydrogen) atoms. The van der Waals surface area contributed by atoms with Crippen molar-refractivity contribution in [2.45, 2.75) is 63.0 Å². The summed E-state index contributed by atoms with van der Waals surface area (Å²) in [4.78, 5) is 0. The predicted octanol–water partition coefficient (Wildman–Crippen LogP) is 3.78. The minimum atomic E-state index is 0.391. The van der Waals surface area contributed by atoms with Crippen LogP contribution in [0.4, 0.5) is 0 Å². The van der Waals surface area contributed by atoms with E-state index < -0.39 is 0 Å². The molecule has 1 saturated heterocycles. The minimum absolute atomic E-state index is 0.391. The summed E-state index contributed by atoms with van der Waals surface area (Å²) in [6, 6.07) is 0.627. The second-order valence-corrected chi connectivity index (χ2v) is 9.64. The minimum Gasteiger partial charge on any atom is -0.312 e. The van der Waals surface area contributed by atoms with Crippen molar-refractivity contribution < 1.29 is 0 Å². The fourth-order valence-corrected chi connectivity index (χ4v) is 3.92. The van der Waals surface area contributed by atoms with Crippen molar-refractivity contribution >= 4 is 23.5 Å². The van der Waals surface area contributed by atoms with Crippen LogP contribution in [-0.4, -0.2) is 33.6 Å². The molecule has 1 heterocycles. The standard InChI is InChI=1S/C13H27NS2/c1-11(9-16-12(2,3)4)14-10-13(5)7-6-8-15-13/h11,14H,6-10H2,1-5H3. The Morgan fingerprint density at radius 1 is 1.44 bits per heavy atom. The predicted molar refractivity (Wildman–Crippen MR) is 79.8 cm³/mol. The van der Waals surface area contributed by atoms with E-state index in [2.05, 4.69) is 63.5 Å². The summed E-state index contributed by atoms with van der Waals surface area (Å²) in [5.41, 5.74) is 0. The van der Waals surface area contributed by atoms with E-state index in [9.17, 15) is 0 Å². The van der Waals surface area contributed by atoms with Gasteiger partial charge in [-0.15, -0.1) is 0 Å². The Hall–Kier alpha value is 0.660. The van der Waals surface area contributed by atoms with Crippen molar-refractivity contribution in [1.82, 2.24) is 5.32 Å². The first-order valence-corrected chi connectivity index (χ1v) is 8.29. The SMILES string of the molecule is CC(CSC(C)(C)C)NCC1(C)CCCS1. The van der Waals surface area contributed by atoms with Crippen molar-refractivity contribution in [2.24, 2.45) is 0 Å². The summed E-state index contributed by atoms with van der Waals surface area (Å²) in [5.74, 6) is 2.56. The molecule has 0 aromatic heterocycles. The molecule has 0 radical (unpaired) electrons. The molecule has 0 bridgehead atoms. The van der Waals surface area contributed by atoms with Crippen LogP contribution in [0.2, 0.25) is 0 Å². The van der Waals surface area contributed by atoms with Gasteiger partial charge in [0, 0.05) is 27.8 Å². The van der Waals surface area contributed by atoms with Gasteiger partial charge in [0.25, 0.3) is 0 Å². The van der Waals surface area contributed by atoms with Crippen LogP contribution in [0.25, 0.3) is 0 Å². The highest BCUT2D eigenvalue weighted by Gasteiger charge is 2.29. The highest BCUT2D eigenvalue weighted by Crippen LogP contribution is 2.37. The lowest BCUT2D eigenvalue weighted by atomic mass is 10.1. The molecule has 1 aliphatic rings. The Bertz CT molecular complexity index is 204. The number of rotatable bonds is 5. The highest BCUT2D eigenvalue weighted by molar-refractivity contribution is 8.01. The van der Waals surface area contributed by atoms with Crippen LogP contribution in [0.5, 0.6) is 0 Å². The summed E-state index contributed by atoms with van der Waals surface area (Å²) < 4.78 is 0.891. The van der Waals surface area contributed by atoms with Gasteiger partial charge in [0.15, 0.2) is 0 Å². The number of hydrogen-bond acceptors (Lipinski definition) is 3. The fraction of sp³-hybridized carbons (Fsp3) is 1.00. The number of thioether (sulfide) groups is 2. The molecule has 1 rings (SSSR count). The molecule has 0 spiro atoms. The molecular formula is C13H27NS2. The maximum Gasteiger partial charge on any atom is 0.0256 e. The quantitative estimate of drug-likeness (QED) is 0.809. The summed E-state index contributed by atoms with van der Waals surface area (Å²) in [6.45, 7) is 12.8. The fourth-order valence-electron chi connectivity index (χ4n) is 1.80. The zero-order valence-electron chi connectivity index (χ0n) is 11.4. The summed E-state index contributed by atoms with van der Waals surface area (Å²) in [6.07, 6.45) is 2.78. The van der Waals surface area contributed by atoms with Crippen molar-refractivity contribution in [2.75, 3.05) is 18.1 Å². The summed E-state index contributed by atoms with van der Waals surface area (Å²) in [5, 5.41) is 3.70. The van der Waals surface area contributed by atoms with Crippen molar-refractivity contribution in [3.8, 4) is 0 Å². The van der Waals surface area contributed by atoms with Gasteiger partial charge in [-0.05, 0) is 32.4 Å². The van der Waals surface area contributed by atoms with Gasteiger partial charge in [0.2, 0.25) is 0 Å². The zero-order chi connectivity index (χ0) is 12.2. The largest absolute Gasteiger partial charge is 0.312 e. The first kappa shape index (κ1) is 14.7. The molecule has 1 N–H and O–H groups in total. The Morgan fingerprint density at radius 3 is 2.62 bits per heavy atom. The van der Waals surface area contributed by atoms with E-state index in [0.717, 1.165) is 0 Å². The first-order chi connectivity index (χ1) is 7.31. The monoisotopic (exact) mass is 261 g/mol. The van der Waals surface area contributed by atoms with Crippen LogP contribution in [0.3, 0.4) is 0 Å². The van der Waals surface area contributed by atoms with E-state index in [0.29, 0.717) is 15.5 Å². The Balaban J connectivity index is 2.17. The topological polar surface area (TPSA) is 12.0 Å². The van der Waals surface area contributed by atoms with Gasteiger partial charge in [-0.3, -0.25) is 0 Å². The van der Waals surface area contributed by atoms with Crippen LogP contribution >= 0.6 is 23.5 Å². The van der Waals surface area contributed by atoms with E-state index in [-0.39, 0.29) is 0 Å². The third-order valence-corrected chi connectivity index (χ3v) is 5.96. The molecule has 1 nitrogen and oxygen atoms in total. The molecule has 1 fully saturated rings. The van der Waals surface area contributed by atoms with E-state index >= 15 is 0 Å². The molecule has 3 heteroatoms. The van der Waals surface area contributed by atoms with Crippen LogP contribution in [0, 0.1) is 0 Å². The van der Waals surface area contributed by atoms with Crippen LogP contribution in [-0.2, 0) is 0 Å². The van der Waals surface area contributed by atoms with E-state index in [4.69, 9.17) is 0 Å². The lowest BCUT2D eigenvalue weighted by Crippen LogP contribution is -2.39. The van der Waals surface area contributed by atoms with Gasteiger partial charge in [-0.25, -0.2) is 0 Å². The van der Waals surface area contributed by atoms with Gasteiger partial charge in [0.05, 0.1) is 0 Å². The maximum absolute atomic E-state index is 3.70. The maximum atomic E-state index is 3.70. The van der Waals surface area contributed by atoms with Gasteiger partial charge >= 0.3 is 0 Å². The summed E-state index contributed by atoms with van der Waals surface area (Å²) in [7, 11) is 0. The van der Waals surface area contributed by atoms with Gasteiger partial charge in [-0.2, -0.15) is 23.5 Å². The van der Waals surface area contributed by atoms with Gasteiger partial charge < -0.3 is 5.32 Å². The van der Waals surface area contributed by atoms with Gasteiger partial charge in [0.1, 0.15) is 0 Å². The molecule has 0 amide bonds. The van der Waals surface area contributed by atoms with Crippen LogP contribution in [0.15, 0.2) is 0 Å². The Labute approximate surface area is 110 Å². The van der Waals surface area contributed by atoms with Crippen LogP contribution < -0.4 is 5.32 Å². The Kier molecular flexibility index (Phi) is 5.53. The molecule has 0 aromatic rings. The molecule has 1 aliphatic heterocycles. The summed E-state index contributed by atoms with van der Waals surface area (Å²) >= 11 is 4.19. The molecule has 2 unspecified atom stereocenters.